The number of amidine groups is 6. The first kappa shape index (κ1) is 76.7. The normalized spacial score (nSPS) is 16.2. The van der Waals surface area contributed by atoms with E-state index in [1.54, 1.807) is 69.2 Å². The molecule has 0 aliphatic carbocycles. The van der Waals surface area contributed by atoms with Crippen LogP contribution >= 0.6 is 0 Å². The van der Waals surface area contributed by atoms with Crippen LogP contribution in [0.2, 0.25) is 0 Å². The molecule has 4 aliphatic heterocycles. The van der Waals surface area contributed by atoms with Crippen molar-refractivity contribution in [2.45, 2.75) is 227 Å². The van der Waals surface area contributed by atoms with E-state index in [1.165, 1.54) is 7.11 Å². The number of likely N-dealkylation sites (tertiary alicyclic amines) is 2. The molecule has 0 unspecified atom stereocenters. The average Bonchev–Trinajstić information content (AvgIpc) is 4.26. The van der Waals surface area contributed by atoms with Crippen LogP contribution in [-0.4, -0.2) is 172 Å². The van der Waals surface area contributed by atoms with Gasteiger partial charge in [-0.1, -0.05) is 0 Å². The average molecular weight is 1150 g/mol. The third-order valence-electron chi connectivity index (χ3n) is 11.9. The molecule has 0 radical (unpaired) electrons. The Labute approximate surface area is 488 Å². The molecule has 10 N–H and O–H groups in total. The van der Waals surface area contributed by atoms with Gasteiger partial charge in [0.05, 0.1) is 31.8 Å². The molecular weight excluding hydrogens is 1050 g/mol. The SMILES string of the molecule is CC(C)(N=NC(C)(C)C(=N)N)C(=N)N.CC(C)(N=NC(C)(C)C(=N)N1CCCC1)C(=N)N1CCCC1.CC(C)(N=NC(C)(C)C1=NCCN1)C1=NCCN1.COC(=O)C(C)(C)N=NC(C)(C)C.O=C=O.[C-]#[N+]C(C)(C)N=NC(C)(C)C#N. The molecule has 460 valence electrons. The second kappa shape index (κ2) is 32.3. The predicted molar refractivity (Wildman–Crippen MR) is 321 cm³/mol. The molecule has 4 heterocycles. The van der Waals surface area contributed by atoms with Crippen molar-refractivity contribution in [1.29, 1.82) is 26.9 Å². The van der Waals surface area contributed by atoms with Crippen molar-refractivity contribution in [2.75, 3.05) is 59.5 Å². The summed E-state index contributed by atoms with van der Waals surface area (Å²) >= 11 is 0. The Kier molecular flexibility index (Phi) is 30.2. The van der Waals surface area contributed by atoms with E-state index < -0.39 is 50.0 Å². The molecule has 4 rings (SSSR count). The highest BCUT2D eigenvalue weighted by atomic mass is 16.5. The molecular formula is C54H100N24O4. The van der Waals surface area contributed by atoms with Crippen LogP contribution in [0.3, 0.4) is 0 Å². The van der Waals surface area contributed by atoms with E-state index in [4.69, 9.17) is 54.5 Å². The number of carbonyl (C=O) groups is 1. The fourth-order valence-corrected chi connectivity index (χ4v) is 6.18. The molecule has 0 amide bonds. The van der Waals surface area contributed by atoms with Gasteiger partial charge < -0.3 is 36.6 Å². The molecule has 28 nitrogen and oxygen atoms in total. The lowest BCUT2D eigenvalue weighted by molar-refractivity contribution is -0.191. The van der Waals surface area contributed by atoms with Gasteiger partial charge in [0.15, 0.2) is 11.1 Å². The standard InChI is InChI=1S/C16H30N6.C12H22N6.C9H18N2O2.C8H18N6.C8H12N4.CO2/c1-15(2,13(17)21-9-5-6-10-21)19-20-16(3,4)14(18)22-11-7-8-12-22;1-11(2,9-13-5-6-14-9)17-18-12(3,4)10-15-7-8-16-10;1-8(2,3)10-11-9(4,5)7(12)13-6;1-7(2,5(9)10)13-14-8(3,4)6(11)12;1-7(2,6-9)11-12-8(3,4)10-5;2-1-3/h17-18H,5-12H2,1-4H3;5-8H2,1-4H3,(H,13,14)(H,15,16);1-6H3;1-4H3,(H3,9,10)(H3,11,12);1-4H3;. The van der Waals surface area contributed by atoms with Gasteiger partial charge in [0, 0.05) is 53.1 Å². The van der Waals surface area contributed by atoms with E-state index >= 15 is 0 Å². The van der Waals surface area contributed by atoms with Gasteiger partial charge in [0.25, 0.3) is 0 Å². The lowest BCUT2D eigenvalue weighted by Gasteiger charge is -2.31. The minimum absolute atomic E-state index is 0.0689. The first-order valence-electron chi connectivity index (χ1n) is 27.2. The second-order valence-electron chi connectivity index (χ2n) is 25.2. The number of rotatable bonds is 16. The smallest absolute Gasteiger partial charge is 0.373 e. The number of nitrogens with zero attached hydrogens (tertiary/aromatic N) is 16. The lowest BCUT2D eigenvalue weighted by Crippen LogP contribution is -2.44. The van der Waals surface area contributed by atoms with Crippen molar-refractivity contribution >= 4 is 47.1 Å². The van der Waals surface area contributed by atoms with Gasteiger partial charge in [-0.25, -0.2) is 11.4 Å². The summed E-state index contributed by atoms with van der Waals surface area (Å²) in [5.74, 6) is 2.41. The molecule has 0 aromatic carbocycles. The molecule has 0 aromatic heterocycles. The number of esters is 1. The van der Waals surface area contributed by atoms with Crippen LogP contribution < -0.4 is 22.1 Å². The van der Waals surface area contributed by atoms with Gasteiger partial charge in [-0.15, -0.1) is 5.11 Å². The summed E-state index contributed by atoms with van der Waals surface area (Å²) in [4.78, 5) is 43.7. The van der Waals surface area contributed by atoms with Gasteiger partial charge in [-0.05, 0) is 157 Å². The zero-order valence-electron chi connectivity index (χ0n) is 53.4. The maximum atomic E-state index is 11.2. The van der Waals surface area contributed by atoms with Gasteiger partial charge in [-0.3, -0.25) is 36.5 Å². The van der Waals surface area contributed by atoms with E-state index in [0.29, 0.717) is 11.7 Å². The summed E-state index contributed by atoms with van der Waals surface area (Å²) in [6, 6.07) is 1.97. The zero-order chi connectivity index (χ0) is 64.4. The largest absolute Gasteiger partial charge is 0.467 e. The quantitative estimate of drug-likeness (QED) is 0.0237. The fraction of sp³-hybridized carbons (Fsp3) is 0.815. The number of nitriles is 1. The highest BCUT2D eigenvalue weighted by Crippen LogP contribution is 2.25. The van der Waals surface area contributed by atoms with Crippen molar-refractivity contribution in [1.82, 2.24) is 20.4 Å². The highest BCUT2D eigenvalue weighted by molar-refractivity contribution is 5.93. The maximum Gasteiger partial charge on any atom is 0.373 e. The van der Waals surface area contributed by atoms with Crippen LogP contribution in [0, 0.1) is 39.5 Å². The third kappa shape index (κ3) is 28.9. The van der Waals surface area contributed by atoms with Crippen molar-refractivity contribution in [3.8, 4) is 6.07 Å². The molecule has 2 saturated heterocycles. The Morgan fingerprint density at radius 2 is 0.878 bits per heavy atom. The Morgan fingerprint density at radius 3 is 1.13 bits per heavy atom. The zero-order valence-corrected chi connectivity index (χ0v) is 53.4. The molecule has 0 bridgehead atoms. The molecule has 0 saturated carbocycles. The number of aliphatic imine (C=N–C) groups is 2. The lowest BCUT2D eigenvalue weighted by atomic mass is 10.0. The molecule has 0 spiro atoms. The minimum atomic E-state index is -0.887. The third-order valence-corrected chi connectivity index (χ3v) is 11.9. The van der Waals surface area contributed by atoms with Gasteiger partial charge in [-0.2, -0.15) is 60.9 Å². The van der Waals surface area contributed by atoms with E-state index in [2.05, 4.69) is 91.1 Å². The molecule has 28 heteroatoms. The fourth-order valence-electron chi connectivity index (χ4n) is 6.18. The number of hydrogen-bond donors (Lipinski definition) is 8. The predicted octanol–water partition coefficient (Wildman–Crippen LogP) is 9.01. The van der Waals surface area contributed by atoms with Crippen LogP contribution in [0.1, 0.15) is 171 Å². The number of carbonyl (C=O) groups excluding carboxylic acids is 3. The van der Waals surface area contributed by atoms with E-state index in [9.17, 15) is 4.79 Å². The van der Waals surface area contributed by atoms with Crippen molar-refractivity contribution in [3.63, 3.8) is 0 Å². The van der Waals surface area contributed by atoms with Gasteiger partial charge in [0.2, 0.25) is 0 Å². The maximum absolute atomic E-state index is 11.2. The number of nitrogens with one attached hydrogen (secondary N) is 6. The minimum Gasteiger partial charge on any atom is -0.467 e. The number of ether oxygens (including phenoxy) is 1. The summed E-state index contributed by atoms with van der Waals surface area (Å²) in [5, 5.41) is 87.5. The first-order chi connectivity index (χ1) is 37.2. The van der Waals surface area contributed by atoms with E-state index in [-0.39, 0.29) is 29.3 Å². The second-order valence-corrected chi connectivity index (χ2v) is 25.2. The molecule has 0 atom stereocenters. The summed E-state index contributed by atoms with van der Waals surface area (Å²) in [6.45, 7) is 52.2. The van der Waals surface area contributed by atoms with Gasteiger partial charge in [0.1, 0.15) is 68.2 Å². The number of methoxy groups -OCH3 is 1. The Balaban J connectivity index is 0. The summed E-state index contributed by atoms with van der Waals surface area (Å²) in [7, 11) is 1.34. The Morgan fingerprint density at radius 1 is 0.561 bits per heavy atom. The van der Waals surface area contributed by atoms with Crippen LogP contribution in [0.5, 0.6) is 0 Å². The summed E-state index contributed by atoms with van der Waals surface area (Å²) < 4.78 is 4.59. The molecule has 0 aromatic rings. The van der Waals surface area contributed by atoms with Crippen molar-refractivity contribution in [3.05, 3.63) is 11.4 Å². The van der Waals surface area contributed by atoms with Crippen LogP contribution in [0.25, 0.3) is 4.85 Å². The number of azo groups is 5. The summed E-state index contributed by atoms with van der Waals surface area (Å²) in [6.07, 6.45) is 4.86. The first-order valence-corrected chi connectivity index (χ1v) is 27.2. The molecule has 4 aliphatic rings. The van der Waals surface area contributed by atoms with Crippen LogP contribution in [-0.2, 0) is 19.1 Å². The monoisotopic (exact) mass is 1150 g/mol. The van der Waals surface area contributed by atoms with E-state index in [1.807, 2.05) is 82.2 Å². The van der Waals surface area contributed by atoms with Crippen LogP contribution in [0.15, 0.2) is 61.1 Å². The Bertz CT molecular complexity index is 2340. The summed E-state index contributed by atoms with van der Waals surface area (Å²) in [5.41, 5.74) is 4.07. The molecule has 2 fully saturated rings. The number of nitrogens with two attached hydrogens (primary N) is 2. The van der Waals surface area contributed by atoms with E-state index in [0.717, 1.165) is 89.7 Å². The number of hydrogen-bond acceptors (Lipinski definition) is 23. The highest BCUT2D eigenvalue weighted by Gasteiger charge is 2.35. The van der Waals surface area contributed by atoms with Gasteiger partial charge >= 0.3 is 17.8 Å². The van der Waals surface area contributed by atoms with Crippen molar-refractivity contribution < 1.29 is 19.1 Å². The van der Waals surface area contributed by atoms with Crippen molar-refractivity contribution in [2.24, 2.45) is 72.6 Å². The Hall–Kier alpha value is -7.35. The molecule has 82 heavy (non-hydrogen) atoms. The topological polar surface area (TPSA) is 415 Å². The van der Waals surface area contributed by atoms with Crippen LogP contribution in [0.4, 0.5) is 0 Å².